The highest BCUT2D eigenvalue weighted by Crippen LogP contribution is 2.36. The van der Waals surface area contributed by atoms with Crippen molar-refractivity contribution in [3.63, 3.8) is 0 Å². The van der Waals surface area contributed by atoms with Gasteiger partial charge in [-0.3, -0.25) is 5.84 Å². The van der Waals surface area contributed by atoms with Gasteiger partial charge in [-0.05, 0) is 18.8 Å². The molecule has 0 amide bonds. The van der Waals surface area contributed by atoms with Gasteiger partial charge in [0.05, 0.1) is 6.61 Å². The van der Waals surface area contributed by atoms with E-state index in [1.54, 1.807) is 4.83 Å². The second kappa shape index (κ2) is 5.35. The number of nitrogens with two attached hydrogens (primary N) is 1. The topological polar surface area (TPSA) is 81.4 Å². The Morgan fingerprint density at radius 3 is 2.44 bits per heavy atom. The minimum absolute atomic E-state index is 0.00704. The average molecular weight is 258 g/mol. The van der Waals surface area contributed by atoms with E-state index >= 15 is 0 Å². The number of sulfonamides is 1. The highest BCUT2D eigenvalue weighted by molar-refractivity contribution is 7.89. The van der Waals surface area contributed by atoms with Crippen LogP contribution in [-0.2, 0) is 14.8 Å². The lowest BCUT2D eigenvalue weighted by Gasteiger charge is -2.27. The number of hydrogen-bond acceptors (Lipinski definition) is 4. The fourth-order valence-electron chi connectivity index (χ4n) is 1.63. The number of ether oxygens (including phenoxy) is 1. The molecule has 1 fully saturated rings. The normalized spacial score (nSPS) is 22.2. The van der Waals surface area contributed by atoms with Gasteiger partial charge in [0.15, 0.2) is 5.94 Å². The van der Waals surface area contributed by atoms with Crippen LogP contribution in [0.5, 0.6) is 0 Å². The van der Waals surface area contributed by atoms with Gasteiger partial charge in [0.2, 0.25) is 15.9 Å². The van der Waals surface area contributed by atoms with Crippen LogP contribution in [0.25, 0.3) is 0 Å². The molecule has 96 valence electrons. The lowest BCUT2D eigenvalue weighted by molar-refractivity contribution is -0.0540. The van der Waals surface area contributed by atoms with Gasteiger partial charge in [0, 0.05) is 12.8 Å². The van der Waals surface area contributed by atoms with E-state index in [0.717, 1.165) is 0 Å². The molecule has 0 radical (unpaired) electrons. The molecule has 16 heavy (non-hydrogen) atoms. The van der Waals surface area contributed by atoms with E-state index in [9.17, 15) is 17.2 Å². The van der Waals surface area contributed by atoms with Gasteiger partial charge in [-0.25, -0.2) is 17.2 Å². The van der Waals surface area contributed by atoms with E-state index in [1.165, 1.54) is 0 Å². The summed E-state index contributed by atoms with van der Waals surface area (Å²) in [5.41, 5.74) is 0. The standard InChI is InChI=1S/C8H16F2N2O3S/c9-8(10)3-1-7(2-4-8)5-15-6-16(13,14)12-11/h7,12H,1-6,11H2. The molecule has 0 aliphatic heterocycles. The highest BCUT2D eigenvalue weighted by Gasteiger charge is 2.34. The molecule has 0 bridgehead atoms. The van der Waals surface area contributed by atoms with Gasteiger partial charge in [-0.15, -0.1) is 0 Å². The van der Waals surface area contributed by atoms with Gasteiger partial charge in [0.1, 0.15) is 0 Å². The summed E-state index contributed by atoms with van der Waals surface area (Å²) in [6.07, 6.45) is 0.429. The van der Waals surface area contributed by atoms with E-state index in [-0.39, 0.29) is 25.4 Å². The first-order valence-electron chi connectivity index (χ1n) is 5.00. The molecule has 0 unspecified atom stereocenters. The lowest BCUT2D eigenvalue weighted by Crippen LogP contribution is -2.34. The number of alkyl halides is 2. The maximum absolute atomic E-state index is 12.8. The summed E-state index contributed by atoms with van der Waals surface area (Å²) in [7, 11) is -3.59. The number of rotatable bonds is 5. The number of nitrogens with one attached hydrogen (secondary N) is 1. The fraction of sp³-hybridized carbons (Fsp3) is 1.00. The molecule has 1 saturated carbocycles. The Labute approximate surface area is 93.4 Å². The third-order valence-corrected chi connectivity index (χ3v) is 3.44. The minimum Gasteiger partial charge on any atom is -0.364 e. The maximum atomic E-state index is 12.8. The quantitative estimate of drug-likeness (QED) is 0.558. The van der Waals surface area contributed by atoms with E-state index in [2.05, 4.69) is 0 Å². The predicted octanol–water partition coefficient (Wildman–Crippen LogP) is 0.579. The second-order valence-corrected chi connectivity index (χ2v) is 5.72. The van der Waals surface area contributed by atoms with Crippen LogP contribution < -0.4 is 10.7 Å². The summed E-state index contributed by atoms with van der Waals surface area (Å²) in [5, 5.41) is 0. The van der Waals surface area contributed by atoms with Gasteiger partial charge >= 0.3 is 0 Å². The fourth-order valence-corrected chi connectivity index (χ4v) is 2.01. The monoisotopic (exact) mass is 258 g/mol. The van der Waals surface area contributed by atoms with Crippen LogP contribution in [0.4, 0.5) is 8.78 Å². The summed E-state index contributed by atoms with van der Waals surface area (Å²) in [6, 6.07) is 0. The van der Waals surface area contributed by atoms with Crippen molar-refractivity contribution >= 4 is 10.0 Å². The molecule has 1 aliphatic carbocycles. The van der Waals surface area contributed by atoms with Crippen molar-refractivity contribution in [2.45, 2.75) is 31.6 Å². The van der Waals surface area contributed by atoms with Crippen LogP contribution in [0.1, 0.15) is 25.7 Å². The van der Waals surface area contributed by atoms with Crippen LogP contribution in [-0.4, -0.2) is 26.9 Å². The molecular weight excluding hydrogens is 242 g/mol. The van der Waals surface area contributed by atoms with E-state index in [4.69, 9.17) is 10.6 Å². The molecule has 1 rings (SSSR count). The van der Waals surface area contributed by atoms with E-state index in [0.29, 0.717) is 12.8 Å². The molecule has 5 nitrogen and oxygen atoms in total. The van der Waals surface area contributed by atoms with Gasteiger partial charge in [0.25, 0.3) is 0 Å². The number of hydrazine groups is 1. The Kier molecular flexibility index (Phi) is 4.60. The molecule has 8 heteroatoms. The zero-order chi connectivity index (χ0) is 12.2. The second-order valence-electron chi connectivity index (χ2n) is 4.02. The van der Waals surface area contributed by atoms with Crippen molar-refractivity contribution in [1.82, 2.24) is 4.83 Å². The Morgan fingerprint density at radius 2 is 1.94 bits per heavy atom. The third-order valence-electron chi connectivity index (χ3n) is 2.61. The van der Waals surface area contributed by atoms with Gasteiger partial charge in [-0.1, -0.05) is 0 Å². The van der Waals surface area contributed by atoms with Crippen LogP contribution in [0.2, 0.25) is 0 Å². The summed E-state index contributed by atoms with van der Waals surface area (Å²) in [5.74, 6) is 1.65. The zero-order valence-electron chi connectivity index (χ0n) is 8.79. The Bertz CT molecular complexity index is 311. The van der Waals surface area contributed by atoms with Crippen molar-refractivity contribution < 1.29 is 21.9 Å². The SMILES string of the molecule is NNS(=O)(=O)COCC1CCC(F)(F)CC1. The van der Waals surface area contributed by atoms with Crippen molar-refractivity contribution in [2.24, 2.45) is 11.8 Å². The zero-order valence-corrected chi connectivity index (χ0v) is 9.60. The molecule has 0 saturated heterocycles. The van der Waals surface area contributed by atoms with Gasteiger partial charge in [-0.2, -0.15) is 4.83 Å². The van der Waals surface area contributed by atoms with Crippen LogP contribution in [0, 0.1) is 5.92 Å². The molecule has 0 aromatic carbocycles. The molecule has 0 heterocycles. The molecule has 1 aliphatic rings. The van der Waals surface area contributed by atoms with Crippen LogP contribution in [0.15, 0.2) is 0 Å². The number of halogens is 2. The van der Waals surface area contributed by atoms with Crippen molar-refractivity contribution in [3.05, 3.63) is 0 Å². The Morgan fingerprint density at radius 1 is 1.38 bits per heavy atom. The molecule has 0 atom stereocenters. The van der Waals surface area contributed by atoms with Gasteiger partial charge < -0.3 is 4.74 Å². The maximum Gasteiger partial charge on any atom is 0.248 e. The molecule has 0 spiro atoms. The largest absolute Gasteiger partial charge is 0.364 e. The molecular formula is C8H16F2N2O3S. The summed E-state index contributed by atoms with van der Waals surface area (Å²) in [6.45, 7) is 0.178. The molecule has 3 N–H and O–H groups in total. The minimum atomic E-state index is -3.59. The van der Waals surface area contributed by atoms with Crippen molar-refractivity contribution in [1.29, 1.82) is 0 Å². The van der Waals surface area contributed by atoms with E-state index in [1.807, 2.05) is 0 Å². The first kappa shape index (κ1) is 13.8. The van der Waals surface area contributed by atoms with Crippen LogP contribution >= 0.6 is 0 Å². The van der Waals surface area contributed by atoms with Crippen molar-refractivity contribution in [2.75, 3.05) is 12.5 Å². The third kappa shape index (κ3) is 4.69. The summed E-state index contributed by atoms with van der Waals surface area (Å²) >= 11 is 0. The smallest absolute Gasteiger partial charge is 0.248 e. The first-order chi connectivity index (χ1) is 7.35. The van der Waals surface area contributed by atoms with E-state index < -0.39 is 21.9 Å². The Balaban J connectivity index is 2.21. The van der Waals surface area contributed by atoms with Crippen LogP contribution in [0.3, 0.4) is 0 Å². The predicted molar refractivity (Wildman–Crippen MR) is 54.0 cm³/mol. The number of hydrogen-bond donors (Lipinski definition) is 2. The first-order valence-corrected chi connectivity index (χ1v) is 6.65. The lowest BCUT2D eigenvalue weighted by atomic mass is 9.87. The molecule has 0 aromatic rings. The highest BCUT2D eigenvalue weighted by atomic mass is 32.2. The van der Waals surface area contributed by atoms with Crippen molar-refractivity contribution in [3.8, 4) is 0 Å². The summed E-state index contributed by atoms with van der Waals surface area (Å²) < 4.78 is 52.2. The Hall–Kier alpha value is -0.310. The summed E-state index contributed by atoms with van der Waals surface area (Å²) in [4.78, 5) is 1.62. The average Bonchev–Trinajstić information content (AvgIpc) is 2.20. The molecule has 0 aromatic heterocycles.